The minimum Gasteiger partial charge on any atom is -0.733 e. The van der Waals surface area contributed by atoms with E-state index in [2.05, 4.69) is 20.6 Å². The zero-order chi connectivity index (χ0) is 14.1. The minimum atomic E-state index is -0.744. The quantitative estimate of drug-likeness (QED) is 0.546. The van der Waals surface area contributed by atoms with Crippen molar-refractivity contribution < 1.29 is 14.7 Å². The molecular formula is C11H13N4O4-. The number of nitrogens with one attached hydrogen (secondary N) is 2. The summed E-state index contributed by atoms with van der Waals surface area (Å²) >= 11 is 0. The lowest BCUT2D eigenvalue weighted by Crippen LogP contribution is -2.34. The second-order valence-electron chi connectivity index (χ2n) is 3.20. The van der Waals surface area contributed by atoms with Crippen LogP contribution in [0, 0.1) is 5.21 Å². The molecule has 3 N–H and O–H groups in total. The summed E-state index contributed by atoms with van der Waals surface area (Å²) in [4.78, 5) is 14.7. The Morgan fingerprint density at radius 1 is 1.47 bits per heavy atom. The number of para-hydroxylation sites is 1. The van der Waals surface area contributed by atoms with Crippen LogP contribution in [0.2, 0.25) is 0 Å². The van der Waals surface area contributed by atoms with Crippen LogP contribution in [0.25, 0.3) is 0 Å². The molecule has 8 heteroatoms. The van der Waals surface area contributed by atoms with E-state index in [9.17, 15) is 10.0 Å². The maximum atomic E-state index is 10.8. The lowest BCUT2D eigenvalue weighted by molar-refractivity contribution is 0.00382. The van der Waals surface area contributed by atoms with Gasteiger partial charge in [0, 0.05) is 6.20 Å². The molecule has 0 fully saturated rings. The van der Waals surface area contributed by atoms with Crippen LogP contribution in [0.4, 0.5) is 10.5 Å². The van der Waals surface area contributed by atoms with Gasteiger partial charge in [0.05, 0.1) is 24.7 Å². The number of hydrogen-bond donors (Lipinski definition) is 3. The Bertz CT molecular complexity index is 459. The van der Waals surface area contributed by atoms with Crippen LogP contribution in [-0.4, -0.2) is 29.9 Å². The molecule has 0 aliphatic heterocycles. The fraction of sp³-hybridized carbons (Fsp3) is 0.0909. The minimum absolute atomic E-state index is 0.208. The fourth-order valence-corrected chi connectivity index (χ4v) is 1.02. The normalized spacial score (nSPS) is 11.2. The van der Waals surface area contributed by atoms with Gasteiger partial charge in [-0.15, -0.1) is 0 Å². The van der Waals surface area contributed by atoms with E-state index in [1.165, 1.54) is 7.11 Å². The van der Waals surface area contributed by atoms with Crippen LogP contribution in [0.3, 0.4) is 0 Å². The van der Waals surface area contributed by atoms with Crippen molar-refractivity contribution in [3.05, 3.63) is 47.4 Å². The summed E-state index contributed by atoms with van der Waals surface area (Å²) in [6.45, 7) is 0. The maximum absolute atomic E-state index is 10.8. The Balaban J connectivity index is 2.65. The number of ether oxygens (including phenoxy) is 1. The van der Waals surface area contributed by atoms with E-state index in [4.69, 9.17) is 5.21 Å². The van der Waals surface area contributed by atoms with Crippen molar-refractivity contribution in [3.8, 4) is 0 Å². The van der Waals surface area contributed by atoms with E-state index < -0.39 is 11.3 Å². The highest BCUT2D eigenvalue weighted by Crippen LogP contribution is 2.09. The standard InChI is InChI=1S/C11H13N4O4/c1-19-11(16)14-13-8-10(15(17)18)7-12-9-5-3-2-4-6-9/h2-8,13,17H,1H3,(H,14,16)/q-1/b10-8-,12-7?. The topological polar surface area (TPSA) is 109 Å². The molecule has 0 saturated heterocycles. The van der Waals surface area contributed by atoms with Crippen LogP contribution in [0.5, 0.6) is 0 Å². The zero-order valence-corrected chi connectivity index (χ0v) is 10.1. The van der Waals surface area contributed by atoms with Crippen molar-refractivity contribution in [2.24, 2.45) is 4.99 Å². The van der Waals surface area contributed by atoms with Crippen molar-refractivity contribution in [2.75, 3.05) is 7.11 Å². The van der Waals surface area contributed by atoms with Gasteiger partial charge in [0.25, 0.3) is 0 Å². The molecule has 0 aliphatic rings. The van der Waals surface area contributed by atoms with Gasteiger partial charge in [0.15, 0.2) is 0 Å². The first-order valence-corrected chi connectivity index (χ1v) is 5.18. The Morgan fingerprint density at radius 2 is 2.16 bits per heavy atom. The average molecular weight is 265 g/mol. The summed E-state index contributed by atoms with van der Waals surface area (Å²) in [5, 5.41) is 19.3. The number of benzene rings is 1. The third kappa shape index (κ3) is 5.52. The molecule has 8 nitrogen and oxygen atoms in total. The summed E-state index contributed by atoms with van der Waals surface area (Å²) in [7, 11) is 1.18. The third-order valence-electron chi connectivity index (χ3n) is 1.90. The highest BCUT2D eigenvalue weighted by Gasteiger charge is 1.96. The number of hydroxylamine groups is 2. The summed E-state index contributed by atoms with van der Waals surface area (Å²) in [5.74, 6) is 0. The highest BCUT2D eigenvalue weighted by molar-refractivity contribution is 5.80. The van der Waals surface area contributed by atoms with Gasteiger partial charge in [0.1, 0.15) is 0 Å². The molecule has 0 radical (unpaired) electrons. The maximum Gasteiger partial charge on any atom is 0.425 e. The molecule has 1 rings (SSSR count). The number of rotatable bonds is 5. The summed E-state index contributed by atoms with van der Waals surface area (Å²) in [6.07, 6.45) is 1.44. The lowest BCUT2D eigenvalue weighted by atomic mass is 10.3. The van der Waals surface area contributed by atoms with Crippen molar-refractivity contribution in [3.63, 3.8) is 0 Å². The summed E-state index contributed by atoms with van der Waals surface area (Å²) in [5.41, 5.74) is 4.76. The summed E-state index contributed by atoms with van der Waals surface area (Å²) in [6, 6.07) is 8.83. The first-order valence-electron chi connectivity index (χ1n) is 5.18. The van der Waals surface area contributed by atoms with Gasteiger partial charge in [-0.1, -0.05) is 18.2 Å². The number of carbonyl (C=O) groups excluding carboxylic acids is 1. The van der Waals surface area contributed by atoms with E-state index in [-0.39, 0.29) is 5.70 Å². The van der Waals surface area contributed by atoms with Crippen LogP contribution in [0.1, 0.15) is 0 Å². The van der Waals surface area contributed by atoms with Crippen LogP contribution >= 0.6 is 0 Å². The molecule has 0 unspecified atom stereocenters. The number of nitrogens with zero attached hydrogens (tertiary/aromatic N) is 2. The first-order chi connectivity index (χ1) is 9.13. The first kappa shape index (κ1) is 14.5. The molecule has 0 aliphatic carbocycles. The van der Waals surface area contributed by atoms with Gasteiger partial charge in [-0.2, -0.15) is 0 Å². The number of hydrogen-bond acceptors (Lipinski definition) is 7. The Labute approximate surface area is 109 Å². The molecule has 0 bridgehead atoms. The predicted octanol–water partition coefficient (Wildman–Crippen LogP) is 1.28. The SMILES string of the molecule is COC(=O)NN/C=C(/C=Nc1ccccc1)N([O-])O. The molecule has 0 heterocycles. The smallest absolute Gasteiger partial charge is 0.425 e. The number of aliphatic imine (C=N–C) groups is 1. The average Bonchev–Trinajstić information content (AvgIpc) is 2.43. The van der Waals surface area contributed by atoms with Crippen LogP contribution < -0.4 is 10.9 Å². The molecule has 19 heavy (non-hydrogen) atoms. The molecule has 0 aromatic heterocycles. The lowest BCUT2D eigenvalue weighted by Gasteiger charge is -2.22. The molecule has 1 amide bonds. The number of carbonyl (C=O) groups is 1. The van der Waals surface area contributed by atoms with E-state index in [0.717, 1.165) is 12.4 Å². The second kappa shape index (κ2) is 7.69. The second-order valence-corrected chi connectivity index (χ2v) is 3.20. The Hall–Kier alpha value is -2.58. The number of allylic oxidation sites excluding steroid dienone is 1. The molecule has 0 atom stereocenters. The molecule has 0 saturated carbocycles. The van der Waals surface area contributed by atoms with Gasteiger partial charge >= 0.3 is 6.09 Å². The largest absolute Gasteiger partial charge is 0.733 e. The fourth-order valence-electron chi connectivity index (χ4n) is 1.02. The Kier molecular flexibility index (Phi) is 5.86. The number of methoxy groups -OCH3 is 1. The van der Waals surface area contributed by atoms with Crippen LogP contribution in [-0.2, 0) is 4.74 Å². The third-order valence-corrected chi connectivity index (χ3v) is 1.90. The molecule has 1 aromatic carbocycles. The number of hydrazine groups is 1. The van der Waals surface area contributed by atoms with Gasteiger partial charge in [0.2, 0.25) is 0 Å². The van der Waals surface area contributed by atoms with Gasteiger partial charge < -0.3 is 20.6 Å². The zero-order valence-electron chi connectivity index (χ0n) is 10.1. The van der Waals surface area contributed by atoms with E-state index in [0.29, 0.717) is 5.69 Å². The van der Waals surface area contributed by atoms with Gasteiger partial charge in [-0.05, 0) is 12.1 Å². The van der Waals surface area contributed by atoms with Crippen molar-refractivity contribution >= 4 is 18.0 Å². The summed E-state index contributed by atoms with van der Waals surface area (Å²) < 4.78 is 4.29. The van der Waals surface area contributed by atoms with Crippen LogP contribution in [0.15, 0.2) is 47.2 Å². The van der Waals surface area contributed by atoms with E-state index in [1.54, 1.807) is 24.3 Å². The molecule has 1 aromatic rings. The molecular weight excluding hydrogens is 252 g/mol. The monoisotopic (exact) mass is 265 g/mol. The van der Waals surface area contributed by atoms with Crippen molar-refractivity contribution in [1.82, 2.24) is 16.1 Å². The van der Waals surface area contributed by atoms with Crippen molar-refractivity contribution in [2.45, 2.75) is 0 Å². The van der Waals surface area contributed by atoms with E-state index in [1.807, 2.05) is 6.07 Å². The van der Waals surface area contributed by atoms with Crippen molar-refractivity contribution in [1.29, 1.82) is 0 Å². The number of amides is 1. The Morgan fingerprint density at radius 3 is 2.74 bits per heavy atom. The van der Waals surface area contributed by atoms with Gasteiger partial charge in [-0.25, -0.2) is 10.2 Å². The predicted molar refractivity (Wildman–Crippen MR) is 68.3 cm³/mol. The highest BCUT2D eigenvalue weighted by atomic mass is 16.8. The van der Waals surface area contributed by atoms with E-state index >= 15 is 0 Å². The molecule has 0 spiro atoms. The van der Waals surface area contributed by atoms with Gasteiger partial charge in [-0.3, -0.25) is 10.2 Å². The molecule has 102 valence electrons.